The lowest BCUT2D eigenvalue weighted by atomic mass is 9.91. The summed E-state index contributed by atoms with van der Waals surface area (Å²) in [4.78, 5) is 34.8. The van der Waals surface area contributed by atoms with E-state index in [-0.39, 0.29) is 22.9 Å². The highest BCUT2D eigenvalue weighted by atomic mass is 35.5. The molecule has 0 radical (unpaired) electrons. The Labute approximate surface area is 179 Å². The number of fused-ring (bicyclic) bond motifs is 1. The summed E-state index contributed by atoms with van der Waals surface area (Å²) >= 11 is 6.08. The summed E-state index contributed by atoms with van der Waals surface area (Å²) in [5, 5.41) is 8.76. The van der Waals surface area contributed by atoms with Gasteiger partial charge in [0.05, 0.1) is 6.54 Å². The third-order valence-electron chi connectivity index (χ3n) is 5.35. The Kier molecular flexibility index (Phi) is 5.36. The highest BCUT2D eigenvalue weighted by molar-refractivity contribution is 6.30. The zero-order chi connectivity index (χ0) is 21.5. The first-order valence-electron chi connectivity index (χ1n) is 10.1. The minimum atomic E-state index is -0.438. The van der Waals surface area contributed by atoms with Crippen LogP contribution >= 0.6 is 11.6 Å². The van der Waals surface area contributed by atoms with Crippen molar-refractivity contribution in [1.29, 1.82) is 0 Å². The Morgan fingerprint density at radius 2 is 2.13 bits per heavy atom. The Bertz CT molecular complexity index is 1150. The third kappa shape index (κ3) is 4.09. The number of amides is 1. The fourth-order valence-corrected chi connectivity index (χ4v) is 4.06. The summed E-state index contributed by atoms with van der Waals surface area (Å²) in [5.74, 6) is 0.661. The van der Waals surface area contributed by atoms with E-state index >= 15 is 0 Å². The fourth-order valence-electron chi connectivity index (χ4n) is 3.85. The monoisotopic (exact) mass is 428 g/mol. The molecule has 0 bridgehead atoms. The van der Waals surface area contributed by atoms with Crippen LogP contribution < -0.4 is 5.56 Å². The van der Waals surface area contributed by atoms with Crippen molar-refractivity contribution in [2.75, 3.05) is 13.1 Å². The molecule has 4 rings (SSSR count). The van der Waals surface area contributed by atoms with E-state index in [1.54, 1.807) is 10.7 Å². The lowest BCUT2D eigenvalue weighted by molar-refractivity contribution is -0.140. The zero-order valence-electron chi connectivity index (χ0n) is 17.4. The molecular formula is C21H25ClN6O2. The van der Waals surface area contributed by atoms with E-state index in [2.05, 4.69) is 15.3 Å². The molecule has 158 valence electrons. The molecule has 30 heavy (non-hydrogen) atoms. The molecule has 8 nitrogen and oxygen atoms in total. The number of hydrogen-bond acceptors (Lipinski definition) is 5. The molecular weight excluding hydrogens is 404 g/mol. The van der Waals surface area contributed by atoms with E-state index in [0.29, 0.717) is 29.6 Å². The molecule has 0 unspecified atom stereocenters. The molecule has 0 aliphatic carbocycles. The number of piperidine rings is 1. The van der Waals surface area contributed by atoms with E-state index in [4.69, 9.17) is 16.6 Å². The number of likely N-dealkylation sites (tertiary alicyclic amines) is 1. The van der Waals surface area contributed by atoms with Gasteiger partial charge in [-0.1, -0.05) is 49.7 Å². The number of benzene rings is 1. The van der Waals surface area contributed by atoms with Gasteiger partial charge in [-0.25, -0.2) is 9.67 Å². The number of carbonyl (C=O) groups is 1. The number of halogens is 1. The zero-order valence-corrected chi connectivity index (χ0v) is 18.1. The molecule has 9 heteroatoms. The van der Waals surface area contributed by atoms with Crippen molar-refractivity contribution >= 4 is 28.7 Å². The molecule has 3 heterocycles. The van der Waals surface area contributed by atoms with Crippen molar-refractivity contribution < 1.29 is 4.79 Å². The van der Waals surface area contributed by atoms with Gasteiger partial charge in [0.25, 0.3) is 5.56 Å². The highest BCUT2D eigenvalue weighted by Crippen LogP contribution is 2.28. The Balaban J connectivity index is 1.65. The van der Waals surface area contributed by atoms with Crippen LogP contribution in [0.3, 0.4) is 0 Å². The van der Waals surface area contributed by atoms with Gasteiger partial charge >= 0.3 is 0 Å². The quantitative estimate of drug-likeness (QED) is 0.691. The normalized spacial score (nSPS) is 17.5. The molecule has 0 spiro atoms. The Hall–Kier alpha value is -2.74. The Morgan fingerprint density at radius 1 is 1.33 bits per heavy atom. The summed E-state index contributed by atoms with van der Waals surface area (Å²) in [7, 11) is 0. The molecule has 1 aliphatic rings. The fraction of sp³-hybridized carbons (Fsp3) is 0.476. The average Bonchev–Trinajstić information content (AvgIpc) is 3.10. The van der Waals surface area contributed by atoms with Gasteiger partial charge in [0.2, 0.25) is 5.91 Å². The molecule has 1 atom stereocenters. The van der Waals surface area contributed by atoms with Crippen LogP contribution in [0.5, 0.6) is 0 Å². The first-order chi connectivity index (χ1) is 14.2. The van der Waals surface area contributed by atoms with Gasteiger partial charge in [-0.2, -0.15) is 0 Å². The van der Waals surface area contributed by atoms with Crippen molar-refractivity contribution in [3.8, 4) is 0 Å². The van der Waals surface area contributed by atoms with Gasteiger partial charge in [0.15, 0.2) is 11.2 Å². The first kappa shape index (κ1) is 20.5. The second kappa shape index (κ2) is 7.83. The number of aromatic nitrogens is 5. The van der Waals surface area contributed by atoms with Crippen LogP contribution in [0.1, 0.15) is 50.9 Å². The molecule has 1 fully saturated rings. The lowest BCUT2D eigenvalue weighted by Gasteiger charge is -2.36. The summed E-state index contributed by atoms with van der Waals surface area (Å²) in [6, 6.07) is 7.45. The van der Waals surface area contributed by atoms with E-state index in [1.807, 2.05) is 43.9 Å². The summed E-state index contributed by atoms with van der Waals surface area (Å²) < 4.78 is 1.61. The van der Waals surface area contributed by atoms with Crippen LogP contribution in [0.4, 0.5) is 0 Å². The Morgan fingerprint density at radius 3 is 2.87 bits per heavy atom. The minimum Gasteiger partial charge on any atom is -0.342 e. The molecule has 1 aliphatic heterocycles. The van der Waals surface area contributed by atoms with Gasteiger partial charge in [-0.3, -0.25) is 9.59 Å². The summed E-state index contributed by atoms with van der Waals surface area (Å²) in [5.41, 5.74) is 0.836. The molecule has 1 N–H and O–H groups in total. The van der Waals surface area contributed by atoms with E-state index in [0.717, 1.165) is 24.9 Å². The maximum atomic E-state index is 12.7. The van der Waals surface area contributed by atoms with Gasteiger partial charge in [-0.05, 0) is 30.5 Å². The molecule has 3 aromatic rings. The second-order valence-corrected chi connectivity index (χ2v) is 9.28. The smallest absolute Gasteiger partial charge is 0.281 e. The largest absolute Gasteiger partial charge is 0.342 e. The van der Waals surface area contributed by atoms with Crippen LogP contribution in [-0.2, 0) is 11.3 Å². The van der Waals surface area contributed by atoms with Crippen LogP contribution in [0.2, 0.25) is 5.02 Å². The van der Waals surface area contributed by atoms with Crippen molar-refractivity contribution in [2.24, 2.45) is 5.41 Å². The van der Waals surface area contributed by atoms with Crippen LogP contribution in [0.25, 0.3) is 11.2 Å². The number of carbonyl (C=O) groups excluding carboxylic acids is 1. The van der Waals surface area contributed by atoms with Crippen LogP contribution in [0.15, 0.2) is 29.1 Å². The molecule has 2 aromatic heterocycles. The van der Waals surface area contributed by atoms with Crippen LogP contribution in [-0.4, -0.2) is 48.9 Å². The number of rotatable bonds is 3. The topological polar surface area (TPSA) is 96.8 Å². The van der Waals surface area contributed by atoms with E-state index in [1.165, 1.54) is 0 Å². The van der Waals surface area contributed by atoms with Crippen molar-refractivity contribution in [2.45, 2.75) is 46.1 Å². The molecule has 1 saturated heterocycles. The van der Waals surface area contributed by atoms with Crippen LogP contribution in [0, 0.1) is 5.41 Å². The van der Waals surface area contributed by atoms with E-state index < -0.39 is 5.41 Å². The number of hydrogen-bond donors (Lipinski definition) is 1. The minimum absolute atomic E-state index is 0.0309. The lowest BCUT2D eigenvalue weighted by Crippen LogP contribution is -2.45. The molecule has 0 saturated carbocycles. The SMILES string of the molecule is CC(C)(C)C(=O)N1CCC[C@@H](c2nc3c(nnn3Cc3cccc(Cl)c3)c(=O)[nH]2)C1. The van der Waals surface area contributed by atoms with Crippen molar-refractivity contribution in [1.82, 2.24) is 29.9 Å². The van der Waals surface area contributed by atoms with Gasteiger partial charge in [0, 0.05) is 29.4 Å². The molecule has 1 amide bonds. The van der Waals surface area contributed by atoms with E-state index in [9.17, 15) is 9.59 Å². The molecule has 1 aromatic carbocycles. The predicted molar refractivity (Wildman–Crippen MR) is 115 cm³/mol. The predicted octanol–water partition coefficient (Wildman–Crippen LogP) is 2.97. The standard InChI is InChI=1S/C21H25ClN6O2/c1-21(2,3)20(30)27-9-5-7-14(12-27)17-23-18-16(19(29)24-17)25-26-28(18)11-13-6-4-8-15(22)10-13/h4,6,8,10,14H,5,7,9,11-12H2,1-3H3,(H,23,24,29)/t14-/m1/s1. The maximum absolute atomic E-state index is 12.7. The number of H-pyrrole nitrogens is 1. The highest BCUT2D eigenvalue weighted by Gasteiger charge is 2.32. The maximum Gasteiger partial charge on any atom is 0.281 e. The number of nitrogens with zero attached hydrogens (tertiary/aromatic N) is 5. The number of nitrogens with one attached hydrogen (secondary N) is 1. The van der Waals surface area contributed by atoms with Gasteiger partial charge < -0.3 is 9.88 Å². The number of aromatic amines is 1. The van der Waals surface area contributed by atoms with Crippen molar-refractivity contribution in [3.63, 3.8) is 0 Å². The first-order valence-corrected chi connectivity index (χ1v) is 10.5. The summed E-state index contributed by atoms with van der Waals surface area (Å²) in [6.07, 6.45) is 1.73. The third-order valence-corrected chi connectivity index (χ3v) is 5.59. The second-order valence-electron chi connectivity index (χ2n) is 8.84. The van der Waals surface area contributed by atoms with Crippen molar-refractivity contribution in [3.05, 3.63) is 51.0 Å². The van der Waals surface area contributed by atoms with Gasteiger partial charge in [-0.15, -0.1) is 5.10 Å². The summed E-state index contributed by atoms with van der Waals surface area (Å²) in [6.45, 7) is 7.45. The van der Waals surface area contributed by atoms with Gasteiger partial charge in [0.1, 0.15) is 5.82 Å². The average molecular weight is 429 g/mol.